The number of aliphatic hydroxyl groups excluding tert-OH is 1. The van der Waals surface area contributed by atoms with Crippen LogP contribution in [-0.2, 0) is 10.2 Å². The molecule has 0 amide bonds. The fourth-order valence-corrected chi connectivity index (χ4v) is 3.82. The first-order chi connectivity index (χ1) is 7.62. The number of hydrogen-bond donors (Lipinski definition) is 2. The maximum atomic E-state index is 11.8. The lowest BCUT2D eigenvalue weighted by atomic mass is 9.87. The topological polar surface area (TPSA) is 69.6 Å². The van der Waals surface area contributed by atoms with Crippen molar-refractivity contribution in [3.05, 3.63) is 0 Å². The van der Waals surface area contributed by atoms with Crippen LogP contribution in [0.2, 0.25) is 0 Å². The van der Waals surface area contributed by atoms with Crippen LogP contribution in [0.5, 0.6) is 0 Å². The van der Waals surface area contributed by atoms with Crippen molar-refractivity contribution in [1.82, 2.24) is 9.03 Å². The van der Waals surface area contributed by atoms with Crippen molar-refractivity contribution in [2.45, 2.75) is 38.1 Å². The normalized spacial score (nSPS) is 32.3. The van der Waals surface area contributed by atoms with E-state index in [1.807, 2.05) is 0 Å². The van der Waals surface area contributed by atoms with E-state index in [9.17, 15) is 8.42 Å². The fraction of sp³-hybridized carbons (Fsp3) is 1.00. The van der Waals surface area contributed by atoms with Crippen molar-refractivity contribution >= 4 is 10.2 Å². The molecule has 1 heterocycles. The van der Waals surface area contributed by atoms with Crippen LogP contribution in [0, 0.1) is 5.92 Å². The molecular weight excluding hydrogens is 228 g/mol. The average Bonchev–Trinajstić information content (AvgIpc) is 2.14. The van der Waals surface area contributed by atoms with Crippen molar-refractivity contribution in [3.63, 3.8) is 0 Å². The zero-order valence-corrected chi connectivity index (χ0v) is 10.2. The van der Waals surface area contributed by atoms with E-state index in [-0.39, 0.29) is 12.6 Å². The van der Waals surface area contributed by atoms with Gasteiger partial charge in [0.15, 0.2) is 0 Å². The third kappa shape index (κ3) is 2.74. The molecule has 2 rings (SSSR count). The molecule has 0 spiro atoms. The monoisotopic (exact) mass is 248 g/mol. The molecule has 1 aliphatic heterocycles. The summed E-state index contributed by atoms with van der Waals surface area (Å²) in [6.45, 7) is 1.54. The van der Waals surface area contributed by atoms with Gasteiger partial charge in [-0.15, -0.1) is 0 Å². The van der Waals surface area contributed by atoms with Crippen LogP contribution in [0.1, 0.15) is 32.1 Å². The molecule has 16 heavy (non-hydrogen) atoms. The third-order valence-electron chi connectivity index (χ3n) is 3.58. The molecule has 1 saturated heterocycles. The van der Waals surface area contributed by atoms with Crippen LogP contribution >= 0.6 is 0 Å². The second-order valence-electron chi connectivity index (χ2n) is 4.78. The van der Waals surface area contributed by atoms with Gasteiger partial charge in [0.1, 0.15) is 0 Å². The summed E-state index contributed by atoms with van der Waals surface area (Å²) in [6, 6.07) is 0.0633. The smallest absolute Gasteiger partial charge is 0.279 e. The summed E-state index contributed by atoms with van der Waals surface area (Å²) in [4.78, 5) is 0. The van der Waals surface area contributed by atoms with Gasteiger partial charge in [0.25, 0.3) is 10.2 Å². The van der Waals surface area contributed by atoms with Gasteiger partial charge in [-0.25, -0.2) is 0 Å². The van der Waals surface area contributed by atoms with Gasteiger partial charge in [-0.05, 0) is 38.0 Å². The minimum absolute atomic E-state index is 0.0633. The lowest BCUT2D eigenvalue weighted by Crippen LogP contribution is -2.51. The quantitative estimate of drug-likeness (QED) is 0.740. The molecule has 0 aromatic carbocycles. The van der Waals surface area contributed by atoms with Crippen molar-refractivity contribution in [3.8, 4) is 0 Å². The molecule has 0 aromatic rings. The molecule has 5 nitrogen and oxygen atoms in total. The molecule has 0 aromatic heterocycles. The number of hydrogen-bond acceptors (Lipinski definition) is 3. The SMILES string of the molecule is O=S(=O)(NC1CCC(CO)CC1)N1CCC1. The Labute approximate surface area is 97.0 Å². The summed E-state index contributed by atoms with van der Waals surface area (Å²) in [7, 11) is -3.23. The molecule has 0 bridgehead atoms. The van der Waals surface area contributed by atoms with Crippen LogP contribution < -0.4 is 4.72 Å². The van der Waals surface area contributed by atoms with Crippen LogP contribution in [0.25, 0.3) is 0 Å². The number of nitrogens with zero attached hydrogens (tertiary/aromatic N) is 1. The number of aliphatic hydroxyl groups is 1. The van der Waals surface area contributed by atoms with E-state index < -0.39 is 10.2 Å². The summed E-state index contributed by atoms with van der Waals surface area (Å²) in [6.07, 6.45) is 4.50. The zero-order chi connectivity index (χ0) is 11.6. The Hall–Kier alpha value is -0.170. The molecule has 1 aliphatic carbocycles. The standard InChI is InChI=1S/C10H20N2O3S/c13-8-9-2-4-10(5-3-9)11-16(14,15)12-6-1-7-12/h9-11,13H,1-8H2. The second-order valence-corrected chi connectivity index (χ2v) is 6.48. The molecule has 0 atom stereocenters. The Morgan fingerprint density at radius 2 is 1.81 bits per heavy atom. The van der Waals surface area contributed by atoms with Crippen LogP contribution in [0.3, 0.4) is 0 Å². The minimum atomic E-state index is -3.23. The molecule has 2 N–H and O–H groups in total. The molecular formula is C10H20N2O3S. The largest absolute Gasteiger partial charge is 0.396 e. The summed E-state index contributed by atoms with van der Waals surface area (Å²) >= 11 is 0. The Balaban J connectivity index is 1.82. The summed E-state index contributed by atoms with van der Waals surface area (Å²) in [5.41, 5.74) is 0. The van der Waals surface area contributed by atoms with Gasteiger partial charge in [0.05, 0.1) is 0 Å². The predicted octanol–water partition coefficient (Wildman–Crippen LogP) is 0.0776. The van der Waals surface area contributed by atoms with Gasteiger partial charge in [-0.2, -0.15) is 17.4 Å². The highest BCUT2D eigenvalue weighted by atomic mass is 32.2. The summed E-state index contributed by atoms with van der Waals surface area (Å²) in [5, 5.41) is 9.00. The average molecular weight is 248 g/mol. The maximum Gasteiger partial charge on any atom is 0.279 e. The molecule has 0 radical (unpaired) electrons. The van der Waals surface area contributed by atoms with E-state index >= 15 is 0 Å². The van der Waals surface area contributed by atoms with E-state index in [1.54, 1.807) is 0 Å². The minimum Gasteiger partial charge on any atom is -0.396 e. The number of rotatable bonds is 4. The molecule has 1 saturated carbocycles. The van der Waals surface area contributed by atoms with E-state index in [1.165, 1.54) is 4.31 Å². The number of nitrogens with one attached hydrogen (secondary N) is 1. The Bertz CT molecular complexity index is 319. The molecule has 2 fully saturated rings. The van der Waals surface area contributed by atoms with Crippen molar-refractivity contribution in [2.75, 3.05) is 19.7 Å². The molecule has 2 aliphatic rings. The maximum absolute atomic E-state index is 11.8. The van der Waals surface area contributed by atoms with Crippen molar-refractivity contribution in [2.24, 2.45) is 5.92 Å². The van der Waals surface area contributed by atoms with Gasteiger partial charge in [0.2, 0.25) is 0 Å². The lowest BCUT2D eigenvalue weighted by molar-refractivity contribution is 0.179. The fourth-order valence-electron chi connectivity index (χ4n) is 2.28. The highest BCUT2D eigenvalue weighted by Gasteiger charge is 2.31. The first-order valence-electron chi connectivity index (χ1n) is 6.00. The van der Waals surface area contributed by atoms with Crippen LogP contribution in [0.15, 0.2) is 0 Å². The molecule has 6 heteroatoms. The van der Waals surface area contributed by atoms with Gasteiger partial charge < -0.3 is 5.11 Å². The first kappa shape index (κ1) is 12.3. The summed E-state index contributed by atoms with van der Waals surface area (Å²) in [5.74, 6) is 0.366. The lowest BCUT2D eigenvalue weighted by Gasteiger charge is -2.33. The zero-order valence-electron chi connectivity index (χ0n) is 9.43. The van der Waals surface area contributed by atoms with Gasteiger partial charge in [-0.3, -0.25) is 0 Å². The van der Waals surface area contributed by atoms with Gasteiger partial charge in [0, 0.05) is 25.7 Å². The van der Waals surface area contributed by atoms with Gasteiger partial charge >= 0.3 is 0 Å². The van der Waals surface area contributed by atoms with Gasteiger partial charge in [-0.1, -0.05) is 0 Å². The molecule has 0 unspecified atom stereocenters. The predicted molar refractivity (Wildman–Crippen MR) is 61.1 cm³/mol. The van der Waals surface area contributed by atoms with E-state index in [0.717, 1.165) is 32.1 Å². The molecule has 94 valence electrons. The van der Waals surface area contributed by atoms with E-state index in [0.29, 0.717) is 19.0 Å². The Morgan fingerprint density at radius 1 is 1.19 bits per heavy atom. The van der Waals surface area contributed by atoms with Crippen LogP contribution in [-0.4, -0.2) is 43.6 Å². The van der Waals surface area contributed by atoms with Crippen molar-refractivity contribution < 1.29 is 13.5 Å². The Morgan fingerprint density at radius 3 is 2.25 bits per heavy atom. The Kier molecular flexibility index (Phi) is 3.84. The van der Waals surface area contributed by atoms with Crippen molar-refractivity contribution in [1.29, 1.82) is 0 Å². The first-order valence-corrected chi connectivity index (χ1v) is 7.44. The summed E-state index contributed by atoms with van der Waals surface area (Å²) < 4.78 is 27.8. The van der Waals surface area contributed by atoms with Crippen LogP contribution in [0.4, 0.5) is 0 Å². The highest BCUT2D eigenvalue weighted by Crippen LogP contribution is 2.24. The van der Waals surface area contributed by atoms with E-state index in [4.69, 9.17) is 5.11 Å². The highest BCUT2D eigenvalue weighted by molar-refractivity contribution is 7.87. The third-order valence-corrected chi connectivity index (χ3v) is 5.25. The van der Waals surface area contributed by atoms with E-state index in [2.05, 4.69) is 4.72 Å². The second kappa shape index (κ2) is 5.00.